The topological polar surface area (TPSA) is 54.3 Å². The third-order valence-electron chi connectivity index (χ3n) is 4.52. The second-order valence-corrected chi connectivity index (χ2v) is 6.98. The van der Waals surface area contributed by atoms with Crippen LogP contribution in [-0.4, -0.2) is 56.4 Å². The zero-order valence-electron chi connectivity index (χ0n) is 14.2. The summed E-state index contributed by atoms with van der Waals surface area (Å²) in [5.41, 5.74) is 3.01. The van der Waals surface area contributed by atoms with Crippen LogP contribution in [0.2, 0.25) is 0 Å². The number of hydrogen-bond donors (Lipinski definition) is 0. The molecule has 0 atom stereocenters. The van der Waals surface area contributed by atoms with Crippen LogP contribution in [0.25, 0.3) is 0 Å². The molecule has 0 bridgehead atoms. The first-order valence-corrected chi connectivity index (χ1v) is 9.51. The second kappa shape index (κ2) is 8.39. The third kappa shape index (κ3) is 4.64. The van der Waals surface area contributed by atoms with E-state index < -0.39 is 0 Å². The van der Waals surface area contributed by atoms with E-state index in [0.717, 1.165) is 63.6 Å². The fourth-order valence-electron chi connectivity index (χ4n) is 3.12. The summed E-state index contributed by atoms with van der Waals surface area (Å²) < 4.78 is 2.10. The van der Waals surface area contributed by atoms with Crippen molar-refractivity contribution in [3.05, 3.63) is 34.8 Å². The Morgan fingerprint density at radius 2 is 2.17 bits per heavy atom. The van der Waals surface area contributed by atoms with Crippen LogP contribution in [0.5, 0.6) is 0 Å². The van der Waals surface area contributed by atoms with E-state index in [1.807, 2.05) is 29.7 Å². The van der Waals surface area contributed by atoms with E-state index in [4.69, 9.17) is 0 Å². The lowest BCUT2D eigenvalue weighted by atomic mass is 10.2. The van der Waals surface area contributed by atoms with Gasteiger partial charge in [-0.05, 0) is 19.8 Å². The minimum atomic E-state index is 0.281. The number of aromatic nitrogens is 3. The van der Waals surface area contributed by atoms with Crippen molar-refractivity contribution in [3.8, 4) is 0 Å². The van der Waals surface area contributed by atoms with Crippen molar-refractivity contribution < 1.29 is 4.79 Å². The van der Waals surface area contributed by atoms with E-state index in [1.54, 1.807) is 11.3 Å². The Balaban J connectivity index is 1.41. The van der Waals surface area contributed by atoms with E-state index in [-0.39, 0.29) is 5.91 Å². The Morgan fingerprint density at radius 1 is 1.25 bits per heavy atom. The summed E-state index contributed by atoms with van der Waals surface area (Å²) in [5, 5.41) is 2.10. The van der Waals surface area contributed by atoms with Gasteiger partial charge in [0.15, 0.2) is 0 Å². The lowest BCUT2D eigenvalue weighted by Gasteiger charge is -2.21. The van der Waals surface area contributed by atoms with Crippen LogP contribution < -0.4 is 0 Å². The summed E-state index contributed by atoms with van der Waals surface area (Å²) in [6, 6.07) is 0. The maximum absolute atomic E-state index is 12.5. The van der Waals surface area contributed by atoms with Crippen LogP contribution in [0.4, 0.5) is 0 Å². The zero-order chi connectivity index (χ0) is 16.8. The molecule has 1 aliphatic rings. The molecule has 6 nitrogen and oxygen atoms in total. The average Bonchev–Trinajstić information content (AvgIpc) is 3.16. The van der Waals surface area contributed by atoms with Crippen LogP contribution in [0.1, 0.15) is 30.8 Å². The maximum Gasteiger partial charge on any atom is 0.222 e. The Hall–Kier alpha value is -1.73. The quantitative estimate of drug-likeness (QED) is 0.804. The Morgan fingerprint density at radius 3 is 2.92 bits per heavy atom. The summed E-state index contributed by atoms with van der Waals surface area (Å²) >= 11 is 1.64. The van der Waals surface area contributed by atoms with Gasteiger partial charge in [-0.1, -0.05) is 0 Å². The standard InChI is InChI=1S/C17H25N5OS/c1-15-18-5-9-21(15)7-2-4-17(23)22-8-3-6-20(10-11-22)12-16-13-24-14-19-16/h5,9,13-14H,2-4,6-8,10-12H2,1H3. The molecule has 3 heterocycles. The molecule has 1 fully saturated rings. The third-order valence-corrected chi connectivity index (χ3v) is 5.16. The minimum absolute atomic E-state index is 0.281. The number of aryl methyl sites for hydroxylation is 2. The minimum Gasteiger partial charge on any atom is -0.341 e. The molecule has 7 heteroatoms. The molecule has 0 spiro atoms. The highest BCUT2D eigenvalue weighted by atomic mass is 32.1. The van der Waals surface area contributed by atoms with E-state index in [9.17, 15) is 4.79 Å². The SMILES string of the molecule is Cc1nccn1CCCC(=O)N1CCCN(Cc2cscn2)CC1. The summed E-state index contributed by atoms with van der Waals surface area (Å²) in [6.07, 6.45) is 6.31. The van der Waals surface area contributed by atoms with Gasteiger partial charge in [0.2, 0.25) is 5.91 Å². The lowest BCUT2D eigenvalue weighted by molar-refractivity contribution is -0.131. The molecule has 24 heavy (non-hydrogen) atoms. The Bertz CT molecular complexity index is 639. The molecule has 2 aromatic rings. The van der Waals surface area contributed by atoms with Gasteiger partial charge in [-0.3, -0.25) is 9.69 Å². The van der Waals surface area contributed by atoms with Crippen molar-refractivity contribution >= 4 is 17.2 Å². The molecule has 1 saturated heterocycles. The fourth-order valence-corrected chi connectivity index (χ4v) is 3.67. The molecule has 0 aliphatic carbocycles. The van der Waals surface area contributed by atoms with Gasteiger partial charge in [0.05, 0.1) is 11.2 Å². The van der Waals surface area contributed by atoms with Gasteiger partial charge < -0.3 is 9.47 Å². The highest BCUT2D eigenvalue weighted by Crippen LogP contribution is 2.11. The van der Waals surface area contributed by atoms with Crippen molar-refractivity contribution in [1.29, 1.82) is 0 Å². The van der Waals surface area contributed by atoms with Crippen LogP contribution in [0.3, 0.4) is 0 Å². The number of amides is 1. The molecule has 0 saturated carbocycles. The zero-order valence-corrected chi connectivity index (χ0v) is 15.0. The molecule has 0 unspecified atom stereocenters. The molecule has 2 aromatic heterocycles. The van der Waals surface area contributed by atoms with Crippen LogP contribution >= 0.6 is 11.3 Å². The average molecular weight is 347 g/mol. The van der Waals surface area contributed by atoms with Gasteiger partial charge in [-0.15, -0.1) is 11.3 Å². The first-order chi connectivity index (χ1) is 11.7. The van der Waals surface area contributed by atoms with Crippen LogP contribution in [0, 0.1) is 6.92 Å². The van der Waals surface area contributed by atoms with Gasteiger partial charge in [0.1, 0.15) is 5.82 Å². The molecule has 1 aliphatic heterocycles. The molecule has 0 N–H and O–H groups in total. The molecule has 130 valence electrons. The Kier molecular flexibility index (Phi) is 5.98. The smallest absolute Gasteiger partial charge is 0.222 e. The number of hydrogen-bond acceptors (Lipinski definition) is 5. The molecule has 3 rings (SSSR count). The molecule has 0 radical (unpaired) electrons. The van der Waals surface area contributed by atoms with E-state index in [2.05, 4.69) is 24.8 Å². The number of imidazole rings is 1. The van der Waals surface area contributed by atoms with Crippen molar-refractivity contribution in [2.24, 2.45) is 0 Å². The number of rotatable bonds is 6. The highest BCUT2D eigenvalue weighted by Gasteiger charge is 2.19. The van der Waals surface area contributed by atoms with Gasteiger partial charge in [-0.25, -0.2) is 9.97 Å². The van der Waals surface area contributed by atoms with Gasteiger partial charge in [0, 0.05) is 63.5 Å². The van der Waals surface area contributed by atoms with Gasteiger partial charge in [0.25, 0.3) is 0 Å². The number of thiazole rings is 1. The molecule has 1 amide bonds. The molecule has 0 aromatic carbocycles. The van der Waals surface area contributed by atoms with Crippen molar-refractivity contribution in [1.82, 2.24) is 24.3 Å². The highest BCUT2D eigenvalue weighted by molar-refractivity contribution is 7.07. The lowest BCUT2D eigenvalue weighted by Crippen LogP contribution is -2.35. The second-order valence-electron chi connectivity index (χ2n) is 6.26. The normalized spacial score (nSPS) is 16.3. The molecular formula is C17H25N5OS. The fraction of sp³-hybridized carbons (Fsp3) is 0.588. The van der Waals surface area contributed by atoms with Gasteiger partial charge >= 0.3 is 0 Å². The summed E-state index contributed by atoms with van der Waals surface area (Å²) in [5.74, 6) is 1.29. The van der Waals surface area contributed by atoms with Crippen LogP contribution in [0.15, 0.2) is 23.3 Å². The van der Waals surface area contributed by atoms with Crippen molar-refractivity contribution in [2.45, 2.75) is 39.3 Å². The van der Waals surface area contributed by atoms with E-state index in [0.29, 0.717) is 6.42 Å². The van der Waals surface area contributed by atoms with Crippen molar-refractivity contribution in [3.63, 3.8) is 0 Å². The number of nitrogens with zero attached hydrogens (tertiary/aromatic N) is 5. The predicted molar refractivity (Wildman–Crippen MR) is 94.8 cm³/mol. The summed E-state index contributed by atoms with van der Waals surface area (Å²) in [4.78, 5) is 25.5. The monoisotopic (exact) mass is 347 g/mol. The molecular weight excluding hydrogens is 322 g/mol. The maximum atomic E-state index is 12.5. The predicted octanol–water partition coefficient (Wildman–Crippen LogP) is 2.16. The summed E-state index contributed by atoms with van der Waals surface area (Å²) in [7, 11) is 0. The first kappa shape index (κ1) is 17.1. The van der Waals surface area contributed by atoms with Gasteiger partial charge in [-0.2, -0.15) is 0 Å². The summed E-state index contributed by atoms with van der Waals surface area (Å²) in [6.45, 7) is 7.42. The van der Waals surface area contributed by atoms with E-state index in [1.165, 1.54) is 0 Å². The van der Waals surface area contributed by atoms with Crippen LogP contribution in [-0.2, 0) is 17.9 Å². The first-order valence-electron chi connectivity index (χ1n) is 8.57. The number of carbonyl (C=O) groups is 1. The van der Waals surface area contributed by atoms with Crippen molar-refractivity contribution in [2.75, 3.05) is 26.2 Å². The Labute approximate surface area is 147 Å². The van der Waals surface area contributed by atoms with E-state index >= 15 is 0 Å². The largest absolute Gasteiger partial charge is 0.341 e. The number of carbonyl (C=O) groups excluding carboxylic acids is 1.